The first-order valence-electron chi connectivity index (χ1n) is 7.45. The molecule has 1 N–H and O–H groups in total. The topological polar surface area (TPSA) is 23.5 Å². The Morgan fingerprint density at radius 1 is 1.20 bits per heavy atom. The molecular weight excluding hydrogens is 246 g/mol. The van der Waals surface area contributed by atoms with E-state index < -0.39 is 0 Å². The van der Waals surface area contributed by atoms with Crippen LogP contribution in [0.4, 0.5) is 5.69 Å². The van der Waals surface area contributed by atoms with Crippen molar-refractivity contribution in [3.8, 4) is 0 Å². The number of allylic oxidation sites excluding steroid dienone is 2. The Hall–Kier alpha value is -1.54. The summed E-state index contributed by atoms with van der Waals surface area (Å²) in [4.78, 5) is 2.47. The zero-order valence-electron chi connectivity index (χ0n) is 12.6. The SMILES string of the molecule is CC(=CCO)CCC=C(C)CN1CCc2ccccc21. The quantitative estimate of drug-likeness (QED) is 0.797. The van der Waals surface area contributed by atoms with Crippen LogP contribution in [-0.2, 0) is 6.42 Å². The zero-order valence-corrected chi connectivity index (χ0v) is 12.6. The summed E-state index contributed by atoms with van der Waals surface area (Å²) in [5.41, 5.74) is 5.57. The second-order valence-electron chi connectivity index (χ2n) is 5.62. The lowest BCUT2D eigenvalue weighted by atomic mass is 10.1. The van der Waals surface area contributed by atoms with E-state index >= 15 is 0 Å². The second kappa shape index (κ2) is 7.30. The van der Waals surface area contributed by atoms with Gasteiger partial charge in [-0.2, -0.15) is 0 Å². The van der Waals surface area contributed by atoms with E-state index in [4.69, 9.17) is 5.11 Å². The third kappa shape index (κ3) is 3.97. The molecule has 0 atom stereocenters. The van der Waals surface area contributed by atoms with E-state index in [0.29, 0.717) is 0 Å². The van der Waals surface area contributed by atoms with Gasteiger partial charge in [0.1, 0.15) is 0 Å². The lowest BCUT2D eigenvalue weighted by molar-refractivity contribution is 0.341. The molecule has 108 valence electrons. The molecule has 1 aromatic carbocycles. The molecular formula is C18H25NO. The van der Waals surface area contributed by atoms with Crippen LogP contribution in [0.5, 0.6) is 0 Å². The van der Waals surface area contributed by atoms with Crippen LogP contribution in [0.1, 0.15) is 32.3 Å². The molecule has 2 nitrogen and oxygen atoms in total. The monoisotopic (exact) mass is 271 g/mol. The molecule has 20 heavy (non-hydrogen) atoms. The van der Waals surface area contributed by atoms with Gasteiger partial charge in [-0.25, -0.2) is 0 Å². The summed E-state index contributed by atoms with van der Waals surface area (Å²) in [6, 6.07) is 8.71. The molecule has 1 aromatic rings. The van der Waals surface area contributed by atoms with E-state index in [-0.39, 0.29) is 6.61 Å². The van der Waals surface area contributed by atoms with Crippen LogP contribution in [0.15, 0.2) is 47.6 Å². The van der Waals surface area contributed by atoms with E-state index in [9.17, 15) is 0 Å². The van der Waals surface area contributed by atoms with E-state index in [0.717, 1.165) is 25.9 Å². The van der Waals surface area contributed by atoms with E-state index in [2.05, 4.69) is 49.1 Å². The van der Waals surface area contributed by atoms with Crippen molar-refractivity contribution in [1.82, 2.24) is 0 Å². The average molecular weight is 271 g/mol. The second-order valence-corrected chi connectivity index (χ2v) is 5.62. The van der Waals surface area contributed by atoms with Gasteiger partial charge in [-0.15, -0.1) is 0 Å². The summed E-state index contributed by atoms with van der Waals surface area (Å²) in [5, 5.41) is 8.83. The molecule has 0 aromatic heterocycles. The number of rotatable bonds is 6. The van der Waals surface area contributed by atoms with Crippen molar-refractivity contribution in [2.75, 3.05) is 24.6 Å². The van der Waals surface area contributed by atoms with Crippen LogP contribution in [-0.4, -0.2) is 24.8 Å². The molecule has 2 heteroatoms. The first kappa shape index (κ1) is 14.9. The number of aliphatic hydroxyl groups excluding tert-OH is 1. The molecule has 0 unspecified atom stereocenters. The molecule has 0 bridgehead atoms. The Bertz CT molecular complexity index is 502. The summed E-state index contributed by atoms with van der Waals surface area (Å²) in [5.74, 6) is 0. The molecule has 0 fully saturated rings. The summed E-state index contributed by atoms with van der Waals surface area (Å²) < 4.78 is 0. The summed E-state index contributed by atoms with van der Waals surface area (Å²) in [6.45, 7) is 6.61. The Morgan fingerprint density at radius 2 is 2.00 bits per heavy atom. The van der Waals surface area contributed by atoms with Gasteiger partial charge >= 0.3 is 0 Å². The molecule has 2 rings (SSSR count). The Labute approximate surface area is 122 Å². The fourth-order valence-electron chi connectivity index (χ4n) is 2.74. The maximum atomic E-state index is 8.83. The van der Waals surface area contributed by atoms with Gasteiger partial charge < -0.3 is 10.0 Å². The highest BCUT2D eigenvalue weighted by Gasteiger charge is 2.17. The van der Waals surface area contributed by atoms with Crippen molar-refractivity contribution in [1.29, 1.82) is 0 Å². The number of aliphatic hydroxyl groups is 1. The van der Waals surface area contributed by atoms with E-state index in [1.165, 1.54) is 28.8 Å². The molecule has 0 radical (unpaired) electrons. The van der Waals surface area contributed by atoms with E-state index in [1.54, 1.807) is 0 Å². The minimum atomic E-state index is 0.152. The highest BCUT2D eigenvalue weighted by atomic mass is 16.2. The van der Waals surface area contributed by atoms with Crippen molar-refractivity contribution in [3.05, 3.63) is 53.1 Å². The maximum Gasteiger partial charge on any atom is 0.0614 e. The average Bonchev–Trinajstić information content (AvgIpc) is 2.83. The van der Waals surface area contributed by atoms with Crippen molar-refractivity contribution in [2.45, 2.75) is 33.1 Å². The normalized spacial score (nSPS) is 15.7. The smallest absolute Gasteiger partial charge is 0.0614 e. The number of anilines is 1. The lowest BCUT2D eigenvalue weighted by Crippen LogP contribution is -2.22. The van der Waals surface area contributed by atoms with Crippen molar-refractivity contribution < 1.29 is 5.11 Å². The number of fused-ring (bicyclic) bond motifs is 1. The van der Waals surface area contributed by atoms with Crippen LogP contribution >= 0.6 is 0 Å². The van der Waals surface area contributed by atoms with Crippen LogP contribution in [0.25, 0.3) is 0 Å². The molecule has 1 aliphatic heterocycles. The number of benzene rings is 1. The van der Waals surface area contributed by atoms with E-state index in [1.807, 2.05) is 6.08 Å². The van der Waals surface area contributed by atoms with Crippen molar-refractivity contribution in [3.63, 3.8) is 0 Å². The van der Waals surface area contributed by atoms with Gasteiger partial charge in [0.25, 0.3) is 0 Å². The Balaban J connectivity index is 1.86. The first-order valence-corrected chi connectivity index (χ1v) is 7.45. The number of hydrogen-bond acceptors (Lipinski definition) is 2. The predicted octanol–water partition coefficient (Wildman–Crippen LogP) is 3.71. The minimum Gasteiger partial charge on any atom is -0.392 e. The maximum absolute atomic E-state index is 8.83. The van der Waals surface area contributed by atoms with Crippen LogP contribution in [0.2, 0.25) is 0 Å². The predicted molar refractivity (Wildman–Crippen MR) is 86.2 cm³/mol. The third-order valence-electron chi connectivity index (χ3n) is 3.89. The largest absolute Gasteiger partial charge is 0.392 e. The van der Waals surface area contributed by atoms with Crippen molar-refractivity contribution >= 4 is 5.69 Å². The fourth-order valence-corrected chi connectivity index (χ4v) is 2.74. The highest BCUT2D eigenvalue weighted by molar-refractivity contribution is 5.58. The van der Waals surface area contributed by atoms with Crippen LogP contribution in [0.3, 0.4) is 0 Å². The zero-order chi connectivity index (χ0) is 14.4. The van der Waals surface area contributed by atoms with Gasteiger partial charge in [0.15, 0.2) is 0 Å². The van der Waals surface area contributed by atoms with Gasteiger partial charge in [0.2, 0.25) is 0 Å². The minimum absolute atomic E-state index is 0.152. The van der Waals surface area contributed by atoms with Gasteiger partial charge in [0, 0.05) is 18.8 Å². The highest BCUT2D eigenvalue weighted by Crippen LogP contribution is 2.27. The van der Waals surface area contributed by atoms with Gasteiger partial charge in [-0.1, -0.05) is 41.5 Å². The first-order chi connectivity index (χ1) is 9.70. The van der Waals surface area contributed by atoms with Gasteiger partial charge in [0.05, 0.1) is 6.61 Å². The molecule has 0 amide bonds. The summed E-state index contributed by atoms with van der Waals surface area (Å²) >= 11 is 0. The van der Waals surface area contributed by atoms with Crippen LogP contribution in [0, 0.1) is 0 Å². The summed E-state index contributed by atoms with van der Waals surface area (Å²) in [7, 11) is 0. The number of para-hydroxylation sites is 1. The third-order valence-corrected chi connectivity index (χ3v) is 3.89. The molecule has 0 spiro atoms. The standard InChI is InChI=1S/C18H25NO/c1-15(11-13-20)6-5-7-16(2)14-19-12-10-17-8-3-4-9-18(17)19/h3-4,7-9,11,20H,5-6,10,12-14H2,1-2H3. The summed E-state index contributed by atoms with van der Waals surface area (Å²) in [6.07, 6.45) is 7.48. The molecule has 0 aliphatic carbocycles. The molecule has 0 saturated heterocycles. The lowest BCUT2D eigenvalue weighted by Gasteiger charge is -2.19. The molecule has 0 saturated carbocycles. The Kier molecular flexibility index (Phi) is 5.42. The van der Waals surface area contributed by atoms with Gasteiger partial charge in [-0.05, 0) is 44.7 Å². The number of nitrogens with zero attached hydrogens (tertiary/aromatic N) is 1. The van der Waals surface area contributed by atoms with Crippen molar-refractivity contribution in [2.24, 2.45) is 0 Å². The van der Waals surface area contributed by atoms with Crippen LogP contribution < -0.4 is 4.90 Å². The molecule has 1 aliphatic rings. The fraction of sp³-hybridized carbons (Fsp3) is 0.444. The number of hydrogen-bond donors (Lipinski definition) is 1. The Morgan fingerprint density at radius 3 is 2.80 bits per heavy atom. The van der Waals surface area contributed by atoms with Gasteiger partial charge in [-0.3, -0.25) is 0 Å². The molecule has 1 heterocycles.